The first-order chi connectivity index (χ1) is 10.0. The van der Waals surface area contributed by atoms with Gasteiger partial charge < -0.3 is 14.6 Å². The summed E-state index contributed by atoms with van der Waals surface area (Å²) in [5.41, 5.74) is 0.337. The molecule has 1 aliphatic carbocycles. The van der Waals surface area contributed by atoms with Crippen LogP contribution in [-0.4, -0.2) is 33.8 Å². The zero-order chi connectivity index (χ0) is 14.6. The summed E-state index contributed by atoms with van der Waals surface area (Å²) in [7, 11) is 0. The molecular formula is C16H17NO4. The minimum Gasteiger partial charge on any atom is -0.508 e. The van der Waals surface area contributed by atoms with Gasteiger partial charge in [-0.2, -0.15) is 0 Å². The molecule has 0 spiro atoms. The highest BCUT2D eigenvalue weighted by Gasteiger charge is 2.51. The molecule has 4 rings (SSSR count). The molecule has 2 aliphatic rings. The molecule has 5 heteroatoms. The number of nitrogens with zero attached hydrogens (tertiary/aromatic N) is 1. The van der Waals surface area contributed by atoms with Gasteiger partial charge in [-0.3, -0.25) is 4.90 Å². The fourth-order valence-corrected chi connectivity index (χ4v) is 3.31. The van der Waals surface area contributed by atoms with E-state index in [4.69, 9.17) is 4.42 Å². The molecule has 2 aromatic rings. The third-order valence-electron chi connectivity index (χ3n) is 4.54. The third kappa shape index (κ3) is 2.22. The van der Waals surface area contributed by atoms with E-state index < -0.39 is 11.2 Å². The molecule has 5 nitrogen and oxygen atoms in total. The fraction of sp³-hybridized carbons (Fsp3) is 0.438. The molecular weight excluding hydrogens is 270 g/mol. The van der Waals surface area contributed by atoms with Gasteiger partial charge in [-0.05, 0) is 36.5 Å². The third-order valence-corrected chi connectivity index (χ3v) is 4.54. The van der Waals surface area contributed by atoms with Crippen molar-refractivity contribution in [3.05, 3.63) is 40.2 Å². The van der Waals surface area contributed by atoms with Crippen molar-refractivity contribution in [2.45, 2.75) is 25.0 Å². The summed E-state index contributed by atoms with van der Waals surface area (Å²) in [5.74, 6) is 0.540. The number of aliphatic hydroxyl groups is 1. The summed E-state index contributed by atoms with van der Waals surface area (Å²) < 4.78 is 5.12. The minimum absolute atomic E-state index is 0.0786. The number of rotatable bonds is 3. The molecule has 2 N–H and O–H groups in total. The van der Waals surface area contributed by atoms with Crippen LogP contribution in [0.25, 0.3) is 11.0 Å². The van der Waals surface area contributed by atoms with Crippen molar-refractivity contribution in [1.29, 1.82) is 0 Å². The van der Waals surface area contributed by atoms with Gasteiger partial charge >= 0.3 is 5.63 Å². The average molecular weight is 287 g/mol. The Bertz CT molecular complexity index is 756. The number of β-amino-alcohol motifs (C(OH)–C–C–N with tert-alkyl or cyclic N) is 1. The Labute approximate surface area is 121 Å². The van der Waals surface area contributed by atoms with E-state index in [2.05, 4.69) is 4.90 Å². The number of phenolic OH excluding ortho intramolecular Hbond substituents is 1. The number of likely N-dealkylation sites (tertiary alicyclic amines) is 1. The van der Waals surface area contributed by atoms with E-state index in [1.807, 2.05) is 0 Å². The second-order valence-electron chi connectivity index (χ2n) is 6.29. The van der Waals surface area contributed by atoms with E-state index in [0.29, 0.717) is 31.1 Å². The first kappa shape index (κ1) is 12.9. The zero-order valence-electron chi connectivity index (χ0n) is 11.6. The van der Waals surface area contributed by atoms with Crippen LogP contribution >= 0.6 is 0 Å². The SMILES string of the molecule is O=c1cc(CN2CC(O)(C3CC3)C2)c2ccc(O)cc2o1. The molecule has 0 unspecified atom stereocenters. The van der Waals surface area contributed by atoms with E-state index in [1.54, 1.807) is 12.1 Å². The lowest BCUT2D eigenvalue weighted by Gasteiger charge is -2.47. The fourth-order valence-electron chi connectivity index (χ4n) is 3.31. The van der Waals surface area contributed by atoms with E-state index in [0.717, 1.165) is 23.8 Å². The average Bonchev–Trinajstić information content (AvgIpc) is 3.20. The molecule has 1 saturated heterocycles. The van der Waals surface area contributed by atoms with Crippen LogP contribution in [0.15, 0.2) is 33.5 Å². The predicted molar refractivity (Wildman–Crippen MR) is 77.1 cm³/mol. The number of fused-ring (bicyclic) bond motifs is 1. The Hall–Kier alpha value is -1.85. The Morgan fingerprint density at radius 2 is 2.05 bits per heavy atom. The van der Waals surface area contributed by atoms with Crippen molar-refractivity contribution in [3.8, 4) is 5.75 Å². The Kier molecular flexibility index (Phi) is 2.65. The highest BCUT2D eigenvalue weighted by atomic mass is 16.4. The number of hydrogen-bond donors (Lipinski definition) is 2. The van der Waals surface area contributed by atoms with E-state index in [9.17, 15) is 15.0 Å². The molecule has 2 fully saturated rings. The van der Waals surface area contributed by atoms with Crippen molar-refractivity contribution < 1.29 is 14.6 Å². The summed E-state index contributed by atoms with van der Waals surface area (Å²) in [5, 5.41) is 20.7. The molecule has 2 heterocycles. The predicted octanol–water partition coefficient (Wildman–Crippen LogP) is 1.46. The Balaban J connectivity index is 1.60. The lowest BCUT2D eigenvalue weighted by atomic mass is 9.88. The summed E-state index contributed by atoms with van der Waals surface area (Å²) in [6.45, 7) is 1.94. The van der Waals surface area contributed by atoms with E-state index in [1.165, 1.54) is 12.1 Å². The molecule has 0 atom stereocenters. The number of benzene rings is 1. The maximum absolute atomic E-state index is 11.6. The van der Waals surface area contributed by atoms with Gasteiger partial charge in [-0.25, -0.2) is 4.79 Å². The van der Waals surface area contributed by atoms with Crippen LogP contribution in [0.3, 0.4) is 0 Å². The molecule has 0 bridgehead atoms. The second-order valence-corrected chi connectivity index (χ2v) is 6.29. The Morgan fingerprint density at radius 3 is 2.76 bits per heavy atom. The summed E-state index contributed by atoms with van der Waals surface area (Å²) in [4.78, 5) is 13.8. The second kappa shape index (κ2) is 4.32. The van der Waals surface area contributed by atoms with Crippen molar-refractivity contribution in [2.75, 3.05) is 13.1 Å². The van der Waals surface area contributed by atoms with Crippen molar-refractivity contribution in [3.63, 3.8) is 0 Å². The molecule has 1 aromatic heterocycles. The van der Waals surface area contributed by atoms with Gasteiger partial charge in [0.05, 0.1) is 5.60 Å². The zero-order valence-corrected chi connectivity index (χ0v) is 11.6. The monoisotopic (exact) mass is 287 g/mol. The molecule has 0 amide bonds. The van der Waals surface area contributed by atoms with Gasteiger partial charge in [0.25, 0.3) is 0 Å². The maximum atomic E-state index is 11.6. The highest BCUT2D eigenvalue weighted by Crippen LogP contribution is 2.44. The van der Waals surface area contributed by atoms with Gasteiger partial charge in [-0.1, -0.05) is 0 Å². The molecule has 21 heavy (non-hydrogen) atoms. The van der Waals surface area contributed by atoms with E-state index in [-0.39, 0.29) is 5.75 Å². The molecule has 0 radical (unpaired) electrons. The van der Waals surface area contributed by atoms with Crippen molar-refractivity contribution in [1.82, 2.24) is 4.90 Å². The molecule has 1 aromatic carbocycles. The summed E-state index contributed by atoms with van der Waals surface area (Å²) in [6, 6.07) is 6.29. The van der Waals surface area contributed by atoms with Gasteiger partial charge in [-0.15, -0.1) is 0 Å². The van der Waals surface area contributed by atoms with Gasteiger partial charge in [0.1, 0.15) is 11.3 Å². The molecule has 1 aliphatic heterocycles. The largest absolute Gasteiger partial charge is 0.508 e. The van der Waals surface area contributed by atoms with Crippen LogP contribution in [-0.2, 0) is 6.54 Å². The van der Waals surface area contributed by atoms with Crippen LogP contribution in [0, 0.1) is 5.92 Å². The molecule has 110 valence electrons. The first-order valence-electron chi connectivity index (χ1n) is 7.24. The van der Waals surface area contributed by atoms with Crippen LogP contribution in [0.1, 0.15) is 18.4 Å². The standard InChI is InChI=1S/C16H17NO4/c18-12-3-4-13-10(5-15(19)21-14(13)6-12)7-17-8-16(20,9-17)11-1-2-11/h3-6,11,18,20H,1-2,7-9H2. The van der Waals surface area contributed by atoms with Crippen LogP contribution in [0.4, 0.5) is 0 Å². The maximum Gasteiger partial charge on any atom is 0.336 e. The van der Waals surface area contributed by atoms with Gasteiger partial charge in [0.2, 0.25) is 0 Å². The Morgan fingerprint density at radius 1 is 1.29 bits per heavy atom. The first-order valence-corrected chi connectivity index (χ1v) is 7.24. The number of phenols is 1. The van der Waals surface area contributed by atoms with Gasteiger partial charge in [0.15, 0.2) is 0 Å². The summed E-state index contributed by atoms with van der Waals surface area (Å²) >= 11 is 0. The molecule has 1 saturated carbocycles. The lowest BCUT2D eigenvalue weighted by Crippen LogP contribution is -2.62. The smallest absolute Gasteiger partial charge is 0.336 e. The quantitative estimate of drug-likeness (QED) is 0.836. The van der Waals surface area contributed by atoms with Gasteiger partial charge in [0, 0.05) is 37.2 Å². The number of aromatic hydroxyl groups is 1. The van der Waals surface area contributed by atoms with Crippen LogP contribution in [0.2, 0.25) is 0 Å². The number of hydrogen-bond acceptors (Lipinski definition) is 5. The van der Waals surface area contributed by atoms with Crippen molar-refractivity contribution in [2.24, 2.45) is 5.92 Å². The normalized spacial score (nSPS) is 21.4. The lowest BCUT2D eigenvalue weighted by molar-refractivity contribution is -0.116. The van der Waals surface area contributed by atoms with Crippen LogP contribution in [0.5, 0.6) is 5.75 Å². The highest BCUT2D eigenvalue weighted by molar-refractivity contribution is 5.81. The van der Waals surface area contributed by atoms with E-state index >= 15 is 0 Å². The van der Waals surface area contributed by atoms with Crippen LogP contribution < -0.4 is 5.63 Å². The van der Waals surface area contributed by atoms with Crippen molar-refractivity contribution >= 4 is 11.0 Å². The summed E-state index contributed by atoms with van der Waals surface area (Å²) in [6.07, 6.45) is 2.25. The topological polar surface area (TPSA) is 73.9 Å². The minimum atomic E-state index is -0.520.